The summed E-state index contributed by atoms with van der Waals surface area (Å²) in [5.41, 5.74) is 0.678. The number of fused-ring (bicyclic) bond motifs is 2. The number of benzene rings is 2. The van der Waals surface area contributed by atoms with E-state index in [1.165, 1.54) is 18.2 Å². The minimum absolute atomic E-state index is 0.0817. The van der Waals surface area contributed by atoms with Gasteiger partial charge in [0.05, 0.1) is 18.1 Å². The van der Waals surface area contributed by atoms with E-state index >= 15 is 0 Å². The Kier molecular flexibility index (Phi) is 4.54. The number of aromatic hydroxyl groups is 1. The van der Waals surface area contributed by atoms with Crippen molar-refractivity contribution in [2.45, 2.75) is 13.3 Å². The number of hydrogen-bond donors (Lipinski definition) is 2. The predicted molar refractivity (Wildman–Crippen MR) is 105 cm³/mol. The summed E-state index contributed by atoms with van der Waals surface area (Å²) in [6.45, 7) is 1.73. The maximum absolute atomic E-state index is 13.4. The fourth-order valence-corrected chi connectivity index (χ4v) is 3.98. The number of ketones is 2. The van der Waals surface area contributed by atoms with Crippen LogP contribution in [0.3, 0.4) is 0 Å². The first-order valence-corrected chi connectivity index (χ1v) is 9.25. The number of Topliss-reactive ketones (excluding diaryl/α,β-unsaturated/α-hetero) is 2. The molecule has 6 heteroatoms. The van der Waals surface area contributed by atoms with Crippen LogP contribution in [0.15, 0.2) is 65.4 Å². The summed E-state index contributed by atoms with van der Waals surface area (Å²) in [6, 6.07) is 12.9. The van der Waals surface area contributed by atoms with Gasteiger partial charge in [-0.15, -0.1) is 0 Å². The van der Waals surface area contributed by atoms with Crippen LogP contribution >= 0.6 is 0 Å². The zero-order chi connectivity index (χ0) is 20.7. The molecule has 0 saturated carbocycles. The van der Waals surface area contributed by atoms with Crippen LogP contribution in [0, 0.1) is 5.92 Å². The van der Waals surface area contributed by atoms with Gasteiger partial charge in [-0.1, -0.05) is 42.5 Å². The van der Waals surface area contributed by atoms with E-state index in [1.54, 1.807) is 37.3 Å². The quantitative estimate of drug-likeness (QED) is 0.777. The molecule has 0 fully saturated rings. The highest BCUT2D eigenvalue weighted by atomic mass is 16.5. The second-order valence-corrected chi connectivity index (χ2v) is 6.85. The van der Waals surface area contributed by atoms with Gasteiger partial charge in [0.2, 0.25) is 0 Å². The van der Waals surface area contributed by atoms with Gasteiger partial charge in [-0.25, -0.2) is 4.79 Å². The van der Waals surface area contributed by atoms with Gasteiger partial charge in [-0.3, -0.25) is 9.59 Å². The van der Waals surface area contributed by atoms with Crippen molar-refractivity contribution >= 4 is 23.1 Å². The molecule has 1 atom stereocenters. The monoisotopic (exact) mass is 390 g/mol. The lowest BCUT2D eigenvalue weighted by Crippen LogP contribution is -2.34. The molecule has 0 saturated heterocycles. The third kappa shape index (κ3) is 2.84. The Balaban J connectivity index is 2.05. The van der Waals surface area contributed by atoms with Crippen molar-refractivity contribution < 1.29 is 29.3 Å². The molecule has 2 aliphatic carbocycles. The van der Waals surface area contributed by atoms with Gasteiger partial charge < -0.3 is 14.9 Å². The second kappa shape index (κ2) is 7.05. The number of esters is 1. The molecular weight excluding hydrogens is 372 g/mol. The summed E-state index contributed by atoms with van der Waals surface area (Å²) < 4.78 is 5.10. The number of allylic oxidation sites excluding steroid dienone is 2. The van der Waals surface area contributed by atoms with Crippen molar-refractivity contribution in [2.75, 3.05) is 6.61 Å². The largest absolute Gasteiger partial charge is 0.511 e. The molecule has 0 amide bonds. The van der Waals surface area contributed by atoms with Crippen LogP contribution < -0.4 is 0 Å². The molecule has 6 nitrogen and oxygen atoms in total. The summed E-state index contributed by atoms with van der Waals surface area (Å²) in [5, 5.41) is 20.9. The Morgan fingerprint density at radius 1 is 1.07 bits per heavy atom. The molecule has 29 heavy (non-hydrogen) atoms. The molecule has 4 rings (SSSR count). The molecule has 2 aliphatic rings. The molecule has 0 aromatic heterocycles. The molecule has 2 N–H and O–H groups in total. The average Bonchev–Trinajstić information content (AvgIpc) is 2.71. The predicted octanol–water partition coefficient (Wildman–Crippen LogP) is 3.62. The summed E-state index contributed by atoms with van der Waals surface area (Å²) in [5.74, 6) is -3.20. The first kappa shape index (κ1) is 18.7. The van der Waals surface area contributed by atoms with Gasteiger partial charge in [-0.2, -0.15) is 0 Å². The van der Waals surface area contributed by atoms with Crippen molar-refractivity contribution in [2.24, 2.45) is 5.92 Å². The molecule has 2 aromatic rings. The minimum Gasteiger partial charge on any atom is -0.511 e. The fraction of sp³-hybridized carbons (Fsp3) is 0.174. The van der Waals surface area contributed by atoms with E-state index in [2.05, 4.69) is 0 Å². The zero-order valence-electron chi connectivity index (χ0n) is 15.6. The number of phenolic OH excluding ortho intramolecular Hbond substituents is 1. The van der Waals surface area contributed by atoms with E-state index < -0.39 is 17.7 Å². The summed E-state index contributed by atoms with van der Waals surface area (Å²) in [4.78, 5) is 39.2. The number of carbonyl (C=O) groups excluding carboxylic acids is 3. The smallest absolute Gasteiger partial charge is 0.342 e. The number of carbonyl (C=O) groups is 3. The molecule has 0 spiro atoms. The highest BCUT2D eigenvalue weighted by Crippen LogP contribution is 2.46. The van der Waals surface area contributed by atoms with Crippen LogP contribution in [-0.2, 0) is 9.53 Å². The van der Waals surface area contributed by atoms with Gasteiger partial charge in [0.25, 0.3) is 0 Å². The number of aliphatic hydroxyl groups is 1. The van der Waals surface area contributed by atoms with Crippen LogP contribution in [-0.4, -0.2) is 34.4 Å². The number of phenols is 1. The molecule has 0 aliphatic heterocycles. The van der Waals surface area contributed by atoms with Crippen LogP contribution in [0.2, 0.25) is 0 Å². The van der Waals surface area contributed by atoms with Crippen molar-refractivity contribution in [3.63, 3.8) is 0 Å². The van der Waals surface area contributed by atoms with Gasteiger partial charge in [0.1, 0.15) is 17.1 Å². The Morgan fingerprint density at radius 3 is 2.48 bits per heavy atom. The maximum Gasteiger partial charge on any atom is 0.342 e. The lowest BCUT2D eigenvalue weighted by Gasteiger charge is -2.32. The average molecular weight is 390 g/mol. The van der Waals surface area contributed by atoms with Crippen LogP contribution in [0.1, 0.15) is 39.6 Å². The first-order valence-electron chi connectivity index (χ1n) is 9.25. The molecule has 146 valence electrons. The third-order valence-corrected chi connectivity index (χ3v) is 5.19. The van der Waals surface area contributed by atoms with Crippen molar-refractivity contribution in [1.82, 2.24) is 0 Å². The lowest BCUT2D eigenvalue weighted by molar-refractivity contribution is -0.138. The highest BCUT2D eigenvalue weighted by Gasteiger charge is 2.45. The normalized spacial score (nSPS) is 18.4. The van der Waals surface area contributed by atoms with Crippen LogP contribution in [0.25, 0.3) is 5.57 Å². The van der Waals surface area contributed by atoms with Gasteiger partial charge in [-0.05, 0) is 18.6 Å². The van der Waals surface area contributed by atoms with Crippen molar-refractivity contribution in [1.29, 1.82) is 0 Å². The zero-order valence-corrected chi connectivity index (χ0v) is 15.6. The van der Waals surface area contributed by atoms with Gasteiger partial charge in [0, 0.05) is 23.1 Å². The Labute approximate surface area is 166 Å². The van der Waals surface area contributed by atoms with E-state index in [0.717, 1.165) is 0 Å². The number of ether oxygens (including phenoxy) is 1. The lowest BCUT2D eigenvalue weighted by atomic mass is 9.69. The first-order chi connectivity index (χ1) is 14.0. The Bertz CT molecular complexity index is 1110. The maximum atomic E-state index is 13.4. The third-order valence-electron chi connectivity index (χ3n) is 5.19. The van der Waals surface area contributed by atoms with E-state index in [9.17, 15) is 24.6 Å². The van der Waals surface area contributed by atoms with Crippen molar-refractivity contribution in [3.8, 4) is 5.75 Å². The molecule has 0 bridgehead atoms. The minimum atomic E-state index is -0.940. The van der Waals surface area contributed by atoms with E-state index in [-0.39, 0.29) is 58.2 Å². The molecule has 0 heterocycles. The van der Waals surface area contributed by atoms with Crippen LogP contribution in [0.4, 0.5) is 0 Å². The molecular formula is C23H18O6. The summed E-state index contributed by atoms with van der Waals surface area (Å²) >= 11 is 0. The van der Waals surface area contributed by atoms with Gasteiger partial charge in [0.15, 0.2) is 11.6 Å². The molecule has 2 aromatic carbocycles. The van der Waals surface area contributed by atoms with Crippen LogP contribution in [0.5, 0.6) is 5.75 Å². The van der Waals surface area contributed by atoms with E-state index in [0.29, 0.717) is 5.56 Å². The van der Waals surface area contributed by atoms with E-state index in [4.69, 9.17) is 4.74 Å². The standard InChI is InChI=1S/C23H18O6/c1-2-29-23(28)20-16(25)11-14-19(17(20)12-7-4-3-5-8-12)22(27)18-13(21(14)26)9-6-10-15(18)24/h3-10,14,24-25H,2,11H2,1H3/t14-/m0/s1. The Hall–Kier alpha value is -3.67. The van der Waals surface area contributed by atoms with Gasteiger partial charge >= 0.3 is 5.97 Å². The fourth-order valence-electron chi connectivity index (χ4n) is 3.98. The topological polar surface area (TPSA) is 101 Å². The summed E-state index contributed by atoms with van der Waals surface area (Å²) in [7, 11) is 0. The number of hydrogen-bond acceptors (Lipinski definition) is 6. The Morgan fingerprint density at radius 2 is 1.79 bits per heavy atom. The second-order valence-electron chi connectivity index (χ2n) is 6.85. The number of aliphatic hydroxyl groups excluding tert-OH is 1. The summed E-state index contributed by atoms with van der Waals surface area (Å²) in [6.07, 6.45) is -0.181. The SMILES string of the molecule is CCOC(=O)C1=C(O)C[C@@H]2C(=O)c3cccc(O)c3C(=O)C2=C1c1ccccc1. The van der Waals surface area contributed by atoms with Crippen molar-refractivity contribution in [3.05, 3.63) is 82.1 Å². The molecule has 0 radical (unpaired) electrons. The van der Waals surface area contributed by atoms with E-state index in [1.807, 2.05) is 0 Å². The molecule has 0 unspecified atom stereocenters. The number of rotatable bonds is 3. The highest BCUT2D eigenvalue weighted by molar-refractivity contribution is 6.30.